The number of amides is 1. The Morgan fingerprint density at radius 2 is 2.17 bits per heavy atom. The fraction of sp³-hybridized carbons (Fsp3) is 0. The number of nitrogen functional groups attached to an aromatic ring is 1. The number of pyridine rings is 1. The van der Waals surface area contributed by atoms with Gasteiger partial charge in [0.1, 0.15) is 5.82 Å². The van der Waals surface area contributed by atoms with Crippen molar-refractivity contribution in [1.82, 2.24) is 9.97 Å². The molecule has 5 nitrogen and oxygen atoms in total. The third kappa shape index (κ3) is 1.64. The maximum atomic E-state index is 11.4. The first-order valence-corrected chi connectivity index (χ1v) is 6.79. The van der Waals surface area contributed by atoms with Crippen LogP contribution < -0.4 is 11.5 Å². The number of thiophene rings is 1. The van der Waals surface area contributed by atoms with E-state index in [0.29, 0.717) is 11.4 Å². The number of carbonyl (C=O) groups excluding carboxylic acids is 1. The van der Waals surface area contributed by atoms with Crippen LogP contribution in [0.4, 0.5) is 5.82 Å². The van der Waals surface area contributed by atoms with Gasteiger partial charge in [-0.05, 0) is 6.07 Å². The first-order chi connectivity index (χ1) is 8.66. The summed E-state index contributed by atoms with van der Waals surface area (Å²) in [6.07, 6.45) is 1.42. The van der Waals surface area contributed by atoms with Crippen LogP contribution in [0.1, 0.15) is 10.4 Å². The molecule has 0 aliphatic carbocycles. The van der Waals surface area contributed by atoms with Gasteiger partial charge in [-0.2, -0.15) is 0 Å². The summed E-state index contributed by atoms with van der Waals surface area (Å²) in [6, 6.07) is 1.89. The van der Waals surface area contributed by atoms with Gasteiger partial charge in [0.25, 0.3) is 5.91 Å². The van der Waals surface area contributed by atoms with Crippen molar-refractivity contribution in [2.75, 3.05) is 5.73 Å². The number of fused-ring (bicyclic) bond motifs is 1. The fourth-order valence-corrected chi connectivity index (χ4v) is 3.46. The van der Waals surface area contributed by atoms with Crippen LogP contribution >= 0.6 is 22.7 Å². The molecule has 3 rings (SSSR count). The molecular formula is C11H8N4OS2. The summed E-state index contributed by atoms with van der Waals surface area (Å²) in [7, 11) is 0. The van der Waals surface area contributed by atoms with E-state index >= 15 is 0 Å². The van der Waals surface area contributed by atoms with Crippen LogP contribution in [0.5, 0.6) is 0 Å². The van der Waals surface area contributed by atoms with Crippen molar-refractivity contribution in [3.63, 3.8) is 0 Å². The van der Waals surface area contributed by atoms with Gasteiger partial charge < -0.3 is 11.5 Å². The third-order valence-electron chi connectivity index (χ3n) is 2.54. The van der Waals surface area contributed by atoms with Gasteiger partial charge in [-0.25, -0.2) is 9.97 Å². The largest absolute Gasteiger partial charge is 0.383 e. The average molecular weight is 276 g/mol. The maximum absolute atomic E-state index is 11.4. The number of anilines is 1. The van der Waals surface area contributed by atoms with Crippen molar-refractivity contribution in [3.05, 3.63) is 28.7 Å². The number of hydrogen-bond acceptors (Lipinski definition) is 6. The molecule has 0 fully saturated rings. The van der Waals surface area contributed by atoms with E-state index in [9.17, 15) is 4.79 Å². The Balaban J connectivity index is 2.31. The quantitative estimate of drug-likeness (QED) is 0.749. The summed E-state index contributed by atoms with van der Waals surface area (Å²) in [6.45, 7) is 0. The molecule has 3 heterocycles. The second-order valence-electron chi connectivity index (χ2n) is 3.65. The second-order valence-corrected chi connectivity index (χ2v) is 5.42. The lowest BCUT2D eigenvalue weighted by Crippen LogP contribution is -2.11. The molecule has 0 radical (unpaired) electrons. The van der Waals surface area contributed by atoms with Crippen LogP contribution in [0, 0.1) is 0 Å². The molecule has 0 saturated heterocycles. The lowest BCUT2D eigenvalue weighted by atomic mass is 10.2. The predicted octanol–water partition coefficient (Wildman–Crippen LogP) is 2.10. The number of hydrogen-bond donors (Lipinski definition) is 2. The summed E-state index contributed by atoms with van der Waals surface area (Å²) >= 11 is 2.96. The zero-order valence-corrected chi connectivity index (χ0v) is 10.7. The van der Waals surface area contributed by atoms with Crippen molar-refractivity contribution in [2.24, 2.45) is 5.73 Å². The van der Waals surface area contributed by atoms with Crippen LogP contribution in [0.2, 0.25) is 0 Å². The zero-order chi connectivity index (χ0) is 12.7. The molecule has 18 heavy (non-hydrogen) atoms. The van der Waals surface area contributed by atoms with E-state index in [-0.39, 0.29) is 0 Å². The zero-order valence-electron chi connectivity index (χ0n) is 9.08. The Bertz CT molecular complexity index is 733. The van der Waals surface area contributed by atoms with E-state index in [4.69, 9.17) is 11.5 Å². The second kappa shape index (κ2) is 4.04. The molecular weight excluding hydrogens is 268 g/mol. The Hall–Kier alpha value is -1.99. The lowest BCUT2D eigenvalue weighted by molar-refractivity contribution is 0.100. The first-order valence-electron chi connectivity index (χ1n) is 5.03. The molecule has 0 aliphatic heterocycles. The molecule has 7 heteroatoms. The Morgan fingerprint density at radius 1 is 1.33 bits per heavy atom. The van der Waals surface area contributed by atoms with Gasteiger partial charge in [0, 0.05) is 17.0 Å². The number of carbonyl (C=O) groups is 1. The summed E-state index contributed by atoms with van der Waals surface area (Å²) < 4.78 is 0.762. The number of nitrogens with zero attached hydrogens (tertiary/aromatic N) is 2. The van der Waals surface area contributed by atoms with Gasteiger partial charge in [-0.15, -0.1) is 22.7 Å². The monoisotopic (exact) mass is 276 g/mol. The highest BCUT2D eigenvalue weighted by molar-refractivity contribution is 7.23. The minimum absolute atomic E-state index is 0.394. The van der Waals surface area contributed by atoms with Gasteiger partial charge >= 0.3 is 0 Å². The predicted molar refractivity (Wildman–Crippen MR) is 73.7 cm³/mol. The van der Waals surface area contributed by atoms with E-state index in [0.717, 1.165) is 20.7 Å². The summed E-state index contributed by atoms with van der Waals surface area (Å²) in [5.41, 5.74) is 14.2. The van der Waals surface area contributed by atoms with E-state index in [2.05, 4.69) is 9.97 Å². The summed E-state index contributed by atoms with van der Waals surface area (Å²) in [5, 5.41) is 2.69. The molecule has 90 valence electrons. The van der Waals surface area contributed by atoms with Crippen LogP contribution in [-0.4, -0.2) is 15.9 Å². The number of thiazole rings is 1. The SMILES string of the molecule is NC(=O)c1cnc(N)c2cc(-c3cscn3)sc12. The van der Waals surface area contributed by atoms with Crippen molar-refractivity contribution in [3.8, 4) is 10.6 Å². The minimum atomic E-state index is -0.501. The molecule has 3 aromatic heterocycles. The van der Waals surface area contributed by atoms with Gasteiger partial charge in [0.15, 0.2) is 0 Å². The van der Waals surface area contributed by atoms with E-state index in [1.807, 2.05) is 11.4 Å². The van der Waals surface area contributed by atoms with Gasteiger partial charge in [-0.1, -0.05) is 0 Å². The van der Waals surface area contributed by atoms with Crippen LogP contribution in [0.25, 0.3) is 20.7 Å². The van der Waals surface area contributed by atoms with Gasteiger partial charge in [-0.3, -0.25) is 4.79 Å². The van der Waals surface area contributed by atoms with Crippen molar-refractivity contribution >= 4 is 44.5 Å². The smallest absolute Gasteiger partial charge is 0.251 e. The van der Waals surface area contributed by atoms with Gasteiger partial charge in [0.2, 0.25) is 0 Å². The molecule has 0 aliphatic rings. The standard InChI is InChI=1S/C11H8N4OS2/c12-10-5-1-8(7-3-17-4-15-7)18-9(5)6(2-14-10)11(13)16/h1-4H,(H2,12,14)(H2,13,16). The minimum Gasteiger partial charge on any atom is -0.383 e. The maximum Gasteiger partial charge on any atom is 0.251 e. The number of nitrogens with two attached hydrogens (primary N) is 2. The highest BCUT2D eigenvalue weighted by atomic mass is 32.1. The van der Waals surface area contributed by atoms with E-state index in [1.165, 1.54) is 28.9 Å². The third-order valence-corrected chi connectivity index (χ3v) is 4.31. The molecule has 0 atom stereocenters. The molecule has 3 aromatic rings. The van der Waals surface area contributed by atoms with Gasteiger partial charge in [0.05, 0.1) is 26.3 Å². The number of aromatic nitrogens is 2. The molecule has 0 saturated carbocycles. The summed E-state index contributed by atoms with van der Waals surface area (Å²) in [4.78, 5) is 20.5. The first kappa shape index (κ1) is 11.1. The highest BCUT2D eigenvalue weighted by Gasteiger charge is 2.15. The van der Waals surface area contributed by atoms with Crippen LogP contribution in [0.15, 0.2) is 23.2 Å². The van der Waals surface area contributed by atoms with E-state index in [1.54, 1.807) is 5.51 Å². The van der Waals surface area contributed by atoms with Crippen molar-refractivity contribution < 1.29 is 4.79 Å². The van der Waals surface area contributed by atoms with Crippen LogP contribution in [0.3, 0.4) is 0 Å². The fourth-order valence-electron chi connectivity index (χ4n) is 1.68. The summed E-state index contributed by atoms with van der Waals surface area (Å²) in [5.74, 6) is -0.105. The Labute approximate surface area is 110 Å². The van der Waals surface area contributed by atoms with Crippen molar-refractivity contribution in [2.45, 2.75) is 0 Å². The Morgan fingerprint density at radius 3 is 2.83 bits per heavy atom. The molecule has 0 spiro atoms. The molecule has 0 unspecified atom stereocenters. The Kier molecular flexibility index (Phi) is 2.49. The number of primary amides is 1. The topological polar surface area (TPSA) is 94.9 Å². The molecule has 0 aromatic carbocycles. The molecule has 4 N–H and O–H groups in total. The van der Waals surface area contributed by atoms with E-state index < -0.39 is 5.91 Å². The van der Waals surface area contributed by atoms with Crippen LogP contribution in [-0.2, 0) is 0 Å². The molecule has 0 bridgehead atoms. The number of rotatable bonds is 2. The van der Waals surface area contributed by atoms with Crippen molar-refractivity contribution in [1.29, 1.82) is 0 Å². The normalized spacial score (nSPS) is 10.9. The highest BCUT2D eigenvalue weighted by Crippen LogP contribution is 2.36. The average Bonchev–Trinajstić information content (AvgIpc) is 2.97. The lowest BCUT2D eigenvalue weighted by Gasteiger charge is -1.99. The molecule has 1 amide bonds.